The monoisotopic (exact) mass is 155 g/mol. The highest BCUT2D eigenvalue weighted by Gasteiger charge is 1.93. The molecule has 0 atom stereocenters. The minimum Gasteiger partial charge on any atom is -0.503 e. The molecule has 0 rings (SSSR count). The maximum Gasteiger partial charge on any atom is 0.158 e. The zero-order valence-corrected chi connectivity index (χ0v) is 7.31. The molecule has 3 heteroatoms. The van der Waals surface area contributed by atoms with E-state index < -0.39 is 0 Å². The number of hydrogen-bond acceptors (Lipinski definition) is 2. The van der Waals surface area contributed by atoms with E-state index in [-0.39, 0.29) is 5.78 Å². The number of ketones is 1. The Balaban J connectivity index is 3.77. The van der Waals surface area contributed by atoms with Crippen LogP contribution in [0.1, 0.15) is 20.3 Å². The summed E-state index contributed by atoms with van der Waals surface area (Å²) in [5, 5.41) is 0. The normalized spacial score (nSPS) is 11.3. The molecule has 0 aromatic heterocycles. The second-order valence-corrected chi connectivity index (χ2v) is 2.15. The van der Waals surface area contributed by atoms with E-state index in [9.17, 15) is 4.79 Å². The molecule has 0 aliphatic carbocycles. The highest BCUT2D eigenvalue weighted by molar-refractivity contribution is 6.08. The lowest BCUT2D eigenvalue weighted by Gasteiger charge is -1.99. The minimum absolute atomic E-state index is 0.0950. The van der Waals surface area contributed by atoms with Gasteiger partial charge in [-0.05, 0) is 6.92 Å². The van der Waals surface area contributed by atoms with Crippen LogP contribution in [0.25, 0.3) is 0 Å². The molecule has 0 N–H and O–H groups in total. The molecule has 10 heavy (non-hydrogen) atoms. The Kier molecular flexibility index (Phi) is 4.93. The van der Waals surface area contributed by atoms with Crippen molar-refractivity contribution in [1.82, 2.24) is 0 Å². The first-order valence-corrected chi connectivity index (χ1v) is 3.90. The Morgan fingerprint density at radius 3 is 2.70 bits per heavy atom. The van der Waals surface area contributed by atoms with Crippen LogP contribution in [0, 0.1) is 0 Å². The fourth-order valence-corrected chi connectivity index (χ4v) is 0.712. The molecule has 0 saturated carbocycles. The van der Waals surface area contributed by atoms with E-state index >= 15 is 0 Å². The first-order valence-electron chi connectivity index (χ1n) is 3.19. The molecule has 0 fully saturated rings. The van der Waals surface area contributed by atoms with Gasteiger partial charge in [0.2, 0.25) is 0 Å². The molecular formula is C7H11O2Si. The average Bonchev–Trinajstić information content (AvgIpc) is 1.88. The Morgan fingerprint density at radius 2 is 2.30 bits per heavy atom. The summed E-state index contributed by atoms with van der Waals surface area (Å²) in [7, 11) is 3.13. The highest BCUT2D eigenvalue weighted by atomic mass is 28.1. The Hall–Kier alpha value is -0.573. The molecule has 0 bridgehead atoms. The van der Waals surface area contributed by atoms with E-state index in [1.807, 2.05) is 6.92 Å². The van der Waals surface area contributed by atoms with E-state index in [2.05, 4.69) is 10.2 Å². The zero-order valence-electron chi connectivity index (χ0n) is 6.31. The van der Waals surface area contributed by atoms with Crippen LogP contribution in [0.15, 0.2) is 11.8 Å². The molecule has 0 amide bonds. The van der Waals surface area contributed by atoms with Gasteiger partial charge in [-0.15, -0.1) is 0 Å². The number of rotatable bonds is 4. The second kappa shape index (κ2) is 5.23. The molecule has 0 aromatic rings. The lowest BCUT2D eigenvalue weighted by molar-refractivity contribution is -0.114. The van der Waals surface area contributed by atoms with Gasteiger partial charge < -0.3 is 4.74 Å². The van der Waals surface area contributed by atoms with Crippen LogP contribution >= 0.6 is 0 Å². The van der Waals surface area contributed by atoms with Gasteiger partial charge in [0.05, 0.1) is 22.2 Å². The Morgan fingerprint density at radius 1 is 1.70 bits per heavy atom. The van der Waals surface area contributed by atoms with Crippen molar-refractivity contribution in [3.8, 4) is 0 Å². The number of carbonyl (C=O) groups is 1. The van der Waals surface area contributed by atoms with Crippen LogP contribution < -0.4 is 0 Å². The van der Waals surface area contributed by atoms with Crippen molar-refractivity contribution in [1.29, 1.82) is 0 Å². The van der Waals surface area contributed by atoms with E-state index in [4.69, 9.17) is 4.74 Å². The summed E-state index contributed by atoms with van der Waals surface area (Å²) in [4.78, 5) is 10.7. The summed E-state index contributed by atoms with van der Waals surface area (Å²) in [6, 6.07) is 0. The van der Waals surface area contributed by atoms with E-state index in [0.717, 1.165) is 0 Å². The maximum absolute atomic E-state index is 10.7. The van der Waals surface area contributed by atoms with Gasteiger partial charge in [-0.2, -0.15) is 0 Å². The topological polar surface area (TPSA) is 26.3 Å². The third-order valence-electron chi connectivity index (χ3n) is 1.01. The highest BCUT2D eigenvalue weighted by Crippen LogP contribution is 1.95. The summed E-state index contributed by atoms with van der Waals surface area (Å²) < 4.78 is 4.97. The van der Waals surface area contributed by atoms with Gasteiger partial charge in [-0.3, -0.25) is 4.79 Å². The molecule has 55 valence electrons. The second-order valence-electron chi connectivity index (χ2n) is 1.86. The SMILES string of the molecule is CCC(=O)/C=C(/C)OC[Si]. The molecular weight excluding hydrogens is 144 g/mol. The van der Waals surface area contributed by atoms with E-state index in [0.29, 0.717) is 18.4 Å². The third-order valence-corrected chi connectivity index (χ3v) is 1.16. The number of hydrogen-bond donors (Lipinski definition) is 0. The summed E-state index contributed by atoms with van der Waals surface area (Å²) in [6.07, 6.45) is 2.46. The fraction of sp³-hybridized carbons (Fsp3) is 0.571. The van der Waals surface area contributed by atoms with Crippen LogP contribution in [0.2, 0.25) is 0 Å². The van der Waals surface area contributed by atoms with Crippen LogP contribution in [-0.2, 0) is 9.53 Å². The van der Waals surface area contributed by atoms with Gasteiger partial charge in [0.15, 0.2) is 5.78 Å². The third kappa shape index (κ3) is 4.32. The van der Waals surface area contributed by atoms with Crippen molar-refractivity contribution in [2.75, 3.05) is 6.23 Å². The lowest BCUT2D eigenvalue weighted by atomic mass is 10.3. The number of ether oxygens (including phenoxy) is 1. The van der Waals surface area contributed by atoms with Gasteiger partial charge in [-0.1, -0.05) is 6.92 Å². The average molecular weight is 155 g/mol. The summed E-state index contributed by atoms with van der Waals surface area (Å²) in [6.45, 7) is 3.58. The standard InChI is InChI=1S/C7H11O2Si/c1-3-7(8)4-6(2)9-5-10/h4H,3,5H2,1-2H3/b6-4-. The van der Waals surface area contributed by atoms with Crippen molar-refractivity contribution < 1.29 is 9.53 Å². The molecule has 0 saturated heterocycles. The van der Waals surface area contributed by atoms with Gasteiger partial charge in [0.25, 0.3) is 0 Å². The lowest BCUT2D eigenvalue weighted by Crippen LogP contribution is -1.95. The maximum atomic E-state index is 10.7. The number of allylic oxidation sites excluding steroid dienone is 2. The quantitative estimate of drug-likeness (QED) is 0.344. The Bertz CT molecular complexity index is 141. The number of carbonyl (C=O) groups excluding carboxylic acids is 1. The van der Waals surface area contributed by atoms with Crippen molar-refractivity contribution in [2.45, 2.75) is 20.3 Å². The molecule has 0 aromatic carbocycles. The van der Waals surface area contributed by atoms with Crippen LogP contribution in [0.4, 0.5) is 0 Å². The zero-order chi connectivity index (χ0) is 7.98. The van der Waals surface area contributed by atoms with Gasteiger partial charge in [0, 0.05) is 12.5 Å². The molecule has 0 heterocycles. The Labute approximate surface area is 64.7 Å². The minimum atomic E-state index is 0.0950. The van der Waals surface area contributed by atoms with Crippen molar-refractivity contribution in [2.24, 2.45) is 0 Å². The van der Waals surface area contributed by atoms with E-state index in [1.54, 1.807) is 6.92 Å². The predicted molar refractivity (Wildman–Crippen MR) is 40.8 cm³/mol. The van der Waals surface area contributed by atoms with Crippen LogP contribution in [-0.4, -0.2) is 22.3 Å². The summed E-state index contributed by atoms with van der Waals surface area (Å²) in [5.41, 5.74) is 0. The molecule has 3 radical (unpaired) electrons. The molecule has 0 aliphatic rings. The smallest absolute Gasteiger partial charge is 0.158 e. The van der Waals surface area contributed by atoms with Crippen molar-refractivity contribution >= 4 is 16.0 Å². The van der Waals surface area contributed by atoms with Gasteiger partial charge >= 0.3 is 0 Å². The first-order chi connectivity index (χ1) is 4.70. The fourth-order valence-electron chi connectivity index (χ4n) is 0.484. The van der Waals surface area contributed by atoms with Gasteiger partial charge in [-0.25, -0.2) is 0 Å². The van der Waals surface area contributed by atoms with Gasteiger partial charge in [0.1, 0.15) is 0 Å². The first kappa shape index (κ1) is 9.43. The molecule has 0 aliphatic heterocycles. The summed E-state index contributed by atoms with van der Waals surface area (Å²) >= 11 is 0. The van der Waals surface area contributed by atoms with E-state index in [1.165, 1.54) is 6.08 Å². The molecule has 2 nitrogen and oxygen atoms in total. The van der Waals surface area contributed by atoms with Crippen molar-refractivity contribution in [3.63, 3.8) is 0 Å². The summed E-state index contributed by atoms with van der Waals surface area (Å²) in [5.74, 6) is 0.750. The predicted octanol–water partition coefficient (Wildman–Crippen LogP) is 1.01. The largest absolute Gasteiger partial charge is 0.503 e. The molecule has 0 spiro atoms. The van der Waals surface area contributed by atoms with Crippen molar-refractivity contribution in [3.05, 3.63) is 11.8 Å². The molecule has 0 unspecified atom stereocenters. The van der Waals surface area contributed by atoms with Crippen LogP contribution in [0.5, 0.6) is 0 Å². The van der Waals surface area contributed by atoms with Crippen LogP contribution in [0.3, 0.4) is 0 Å².